The minimum absolute atomic E-state index is 0.0612. The Morgan fingerprint density at radius 3 is 2.71 bits per heavy atom. The highest BCUT2D eigenvalue weighted by Gasteiger charge is 2.41. The Balaban J connectivity index is 1.45. The quantitative estimate of drug-likeness (QED) is 0.833. The van der Waals surface area contributed by atoms with E-state index in [1.807, 2.05) is 25.2 Å². The number of nitrogens with two attached hydrogens (primary N) is 1. The van der Waals surface area contributed by atoms with Crippen molar-refractivity contribution in [3.05, 3.63) is 53.7 Å². The van der Waals surface area contributed by atoms with E-state index in [2.05, 4.69) is 10.3 Å². The van der Waals surface area contributed by atoms with Crippen LogP contribution in [0.5, 0.6) is 5.75 Å². The smallest absolute Gasteiger partial charge is 0.255 e. The third-order valence-electron chi connectivity index (χ3n) is 5.80. The molecule has 1 spiro atoms. The average Bonchev–Trinajstić information content (AvgIpc) is 2.85. The first-order valence-electron chi connectivity index (χ1n) is 9.52. The van der Waals surface area contributed by atoms with Gasteiger partial charge in [0.1, 0.15) is 17.2 Å². The SMILES string of the molecule is CN(C(=O)c1ccc(N)nc1)C1CCC2(CC1)CNC(=O)c1ccccc1O2. The van der Waals surface area contributed by atoms with Gasteiger partial charge >= 0.3 is 0 Å². The molecule has 1 aliphatic heterocycles. The van der Waals surface area contributed by atoms with E-state index in [0.29, 0.717) is 29.2 Å². The number of nitrogen functional groups attached to an aromatic ring is 1. The number of nitrogens with zero attached hydrogens (tertiary/aromatic N) is 2. The van der Waals surface area contributed by atoms with Crippen LogP contribution >= 0.6 is 0 Å². The normalized spacial score (nSPS) is 23.9. The lowest BCUT2D eigenvalue weighted by Gasteiger charge is -2.42. The van der Waals surface area contributed by atoms with E-state index < -0.39 is 5.60 Å². The molecule has 0 saturated heterocycles. The summed E-state index contributed by atoms with van der Waals surface area (Å²) in [7, 11) is 1.83. The maximum atomic E-state index is 12.7. The Labute approximate surface area is 163 Å². The minimum Gasteiger partial charge on any atom is -0.485 e. The molecule has 7 heteroatoms. The molecular weight excluding hydrogens is 356 g/mol. The molecule has 3 N–H and O–H groups in total. The Morgan fingerprint density at radius 2 is 2.00 bits per heavy atom. The van der Waals surface area contributed by atoms with Gasteiger partial charge in [-0.25, -0.2) is 4.98 Å². The number of amides is 2. The predicted octanol–water partition coefficient (Wildman–Crippen LogP) is 2.24. The number of rotatable bonds is 2. The van der Waals surface area contributed by atoms with Gasteiger partial charge < -0.3 is 20.7 Å². The summed E-state index contributed by atoms with van der Waals surface area (Å²) in [4.78, 5) is 30.8. The van der Waals surface area contributed by atoms with Crippen LogP contribution in [-0.2, 0) is 0 Å². The van der Waals surface area contributed by atoms with Gasteiger partial charge in [-0.2, -0.15) is 0 Å². The molecule has 0 unspecified atom stereocenters. The first-order chi connectivity index (χ1) is 13.5. The van der Waals surface area contributed by atoms with Gasteiger partial charge in [0, 0.05) is 19.3 Å². The molecule has 1 aromatic heterocycles. The number of ether oxygens (including phenoxy) is 1. The standard InChI is InChI=1S/C21H24N4O3/c1-25(20(27)14-6-7-18(22)23-12-14)15-8-10-21(11-9-15)13-24-19(26)16-4-2-3-5-17(16)28-21/h2-7,12,15H,8-11,13H2,1H3,(H2,22,23)(H,24,26). The van der Waals surface area contributed by atoms with Crippen molar-refractivity contribution >= 4 is 17.6 Å². The van der Waals surface area contributed by atoms with Crippen molar-refractivity contribution in [3.63, 3.8) is 0 Å². The fourth-order valence-electron chi connectivity index (χ4n) is 4.05. The molecule has 4 rings (SSSR count). The van der Waals surface area contributed by atoms with Gasteiger partial charge in [0.15, 0.2) is 0 Å². The summed E-state index contributed by atoms with van der Waals surface area (Å²) in [6, 6.07) is 10.8. The molecule has 146 valence electrons. The molecule has 2 amide bonds. The Morgan fingerprint density at radius 1 is 1.25 bits per heavy atom. The maximum absolute atomic E-state index is 12.7. The lowest BCUT2D eigenvalue weighted by molar-refractivity contribution is 0.0103. The molecule has 2 heterocycles. The number of carbonyl (C=O) groups is 2. The summed E-state index contributed by atoms with van der Waals surface area (Å²) < 4.78 is 6.33. The highest BCUT2D eigenvalue weighted by atomic mass is 16.5. The van der Waals surface area contributed by atoms with Gasteiger partial charge in [-0.05, 0) is 49.9 Å². The van der Waals surface area contributed by atoms with Crippen LogP contribution in [0.4, 0.5) is 5.82 Å². The van der Waals surface area contributed by atoms with Crippen LogP contribution in [0.25, 0.3) is 0 Å². The average molecular weight is 380 g/mol. The number of anilines is 1. The van der Waals surface area contributed by atoms with Crippen molar-refractivity contribution < 1.29 is 14.3 Å². The van der Waals surface area contributed by atoms with E-state index in [9.17, 15) is 9.59 Å². The van der Waals surface area contributed by atoms with Gasteiger partial charge in [-0.3, -0.25) is 9.59 Å². The number of hydrogen-bond acceptors (Lipinski definition) is 5. The second-order valence-corrected chi connectivity index (χ2v) is 7.58. The number of pyridine rings is 1. The first kappa shape index (κ1) is 18.3. The molecule has 0 bridgehead atoms. The number of nitrogens with one attached hydrogen (secondary N) is 1. The van der Waals surface area contributed by atoms with Crippen LogP contribution in [0.1, 0.15) is 46.4 Å². The first-order valence-corrected chi connectivity index (χ1v) is 9.52. The molecule has 7 nitrogen and oxygen atoms in total. The van der Waals surface area contributed by atoms with Crippen molar-refractivity contribution in [2.24, 2.45) is 0 Å². The third-order valence-corrected chi connectivity index (χ3v) is 5.80. The lowest BCUT2D eigenvalue weighted by Crippen LogP contribution is -2.51. The van der Waals surface area contributed by atoms with Gasteiger partial charge in [-0.1, -0.05) is 12.1 Å². The molecule has 1 aromatic carbocycles. The van der Waals surface area contributed by atoms with Gasteiger partial charge in [0.05, 0.1) is 17.7 Å². The summed E-state index contributed by atoms with van der Waals surface area (Å²) in [5.74, 6) is 0.867. The lowest BCUT2D eigenvalue weighted by atomic mass is 9.81. The zero-order chi connectivity index (χ0) is 19.7. The maximum Gasteiger partial charge on any atom is 0.255 e. The van der Waals surface area contributed by atoms with Crippen molar-refractivity contribution in [2.45, 2.75) is 37.3 Å². The summed E-state index contributed by atoms with van der Waals surface area (Å²) in [6.45, 7) is 0.479. The number of carbonyl (C=O) groups excluding carboxylic acids is 2. The topological polar surface area (TPSA) is 97.5 Å². The fraction of sp³-hybridized carbons (Fsp3) is 0.381. The van der Waals surface area contributed by atoms with E-state index in [4.69, 9.17) is 10.5 Å². The Hall–Kier alpha value is -3.09. The molecule has 0 radical (unpaired) electrons. The summed E-state index contributed by atoms with van der Waals surface area (Å²) in [5.41, 5.74) is 6.28. The largest absolute Gasteiger partial charge is 0.485 e. The van der Waals surface area contributed by atoms with Crippen molar-refractivity contribution in [1.82, 2.24) is 15.2 Å². The highest BCUT2D eigenvalue weighted by Crippen LogP contribution is 2.37. The van der Waals surface area contributed by atoms with Crippen LogP contribution in [0, 0.1) is 0 Å². The predicted molar refractivity (Wildman–Crippen MR) is 105 cm³/mol. The fourth-order valence-corrected chi connectivity index (χ4v) is 4.05. The second kappa shape index (κ2) is 7.14. The Bertz CT molecular complexity index is 889. The summed E-state index contributed by atoms with van der Waals surface area (Å²) >= 11 is 0. The van der Waals surface area contributed by atoms with Crippen molar-refractivity contribution in [1.29, 1.82) is 0 Å². The molecule has 28 heavy (non-hydrogen) atoms. The molecule has 2 aliphatic rings. The van der Waals surface area contributed by atoms with Crippen LogP contribution in [-0.4, -0.2) is 46.9 Å². The number of benzene rings is 1. The van der Waals surface area contributed by atoms with Crippen LogP contribution < -0.4 is 15.8 Å². The highest BCUT2D eigenvalue weighted by molar-refractivity contribution is 5.97. The number of hydrogen-bond donors (Lipinski definition) is 2. The number of fused-ring (bicyclic) bond motifs is 1. The molecule has 0 atom stereocenters. The molecule has 1 saturated carbocycles. The van der Waals surface area contributed by atoms with Gasteiger partial charge in [-0.15, -0.1) is 0 Å². The number of aromatic nitrogens is 1. The van der Waals surface area contributed by atoms with Crippen LogP contribution in [0.2, 0.25) is 0 Å². The minimum atomic E-state index is -0.425. The molecule has 1 aliphatic carbocycles. The summed E-state index contributed by atoms with van der Waals surface area (Å²) in [5, 5.41) is 2.99. The van der Waals surface area contributed by atoms with Crippen molar-refractivity contribution in [3.8, 4) is 5.75 Å². The van der Waals surface area contributed by atoms with Gasteiger partial charge in [0.25, 0.3) is 11.8 Å². The zero-order valence-electron chi connectivity index (χ0n) is 15.9. The van der Waals surface area contributed by atoms with E-state index in [1.54, 1.807) is 23.1 Å². The molecular formula is C21H24N4O3. The Kier molecular flexibility index (Phi) is 4.66. The van der Waals surface area contributed by atoms with E-state index >= 15 is 0 Å². The molecule has 2 aromatic rings. The van der Waals surface area contributed by atoms with Crippen LogP contribution in [0.15, 0.2) is 42.6 Å². The zero-order valence-corrected chi connectivity index (χ0v) is 15.9. The third kappa shape index (κ3) is 3.40. The number of para-hydroxylation sites is 1. The summed E-state index contributed by atoms with van der Waals surface area (Å²) in [6.07, 6.45) is 4.67. The van der Waals surface area contributed by atoms with E-state index in [1.165, 1.54) is 6.20 Å². The van der Waals surface area contributed by atoms with Gasteiger partial charge in [0.2, 0.25) is 0 Å². The van der Waals surface area contributed by atoms with Crippen LogP contribution in [0.3, 0.4) is 0 Å². The monoisotopic (exact) mass is 380 g/mol. The van der Waals surface area contributed by atoms with E-state index in [-0.39, 0.29) is 17.9 Å². The van der Waals surface area contributed by atoms with E-state index in [0.717, 1.165) is 25.7 Å². The second-order valence-electron chi connectivity index (χ2n) is 7.58. The molecule has 1 fully saturated rings. The van der Waals surface area contributed by atoms with Crippen molar-refractivity contribution in [2.75, 3.05) is 19.3 Å².